The molecule has 0 aliphatic heterocycles. The van der Waals surface area contributed by atoms with Crippen LogP contribution in [-0.2, 0) is 0 Å². The van der Waals surface area contributed by atoms with Gasteiger partial charge in [-0.15, -0.1) is 0 Å². The van der Waals surface area contributed by atoms with E-state index in [1.807, 2.05) is 36.4 Å². The topological polar surface area (TPSA) is 62.9 Å². The lowest BCUT2D eigenvalue weighted by Crippen LogP contribution is -2.09. The number of amides is 1. The van der Waals surface area contributed by atoms with E-state index in [9.17, 15) is 4.79 Å². The first-order valence-electron chi connectivity index (χ1n) is 6.80. The van der Waals surface area contributed by atoms with E-state index in [-0.39, 0.29) is 5.91 Å². The fourth-order valence-corrected chi connectivity index (χ4v) is 2.11. The van der Waals surface area contributed by atoms with Gasteiger partial charge in [-0.3, -0.25) is 4.79 Å². The Morgan fingerprint density at radius 3 is 2.73 bits per heavy atom. The van der Waals surface area contributed by atoms with E-state index in [1.54, 1.807) is 29.7 Å². The molecular weight excluding hydrogens is 278 g/mol. The van der Waals surface area contributed by atoms with Gasteiger partial charge in [-0.25, -0.2) is 9.50 Å². The molecule has 0 fully saturated rings. The summed E-state index contributed by atoms with van der Waals surface area (Å²) in [5.74, 6) is -0.360. The van der Waals surface area contributed by atoms with Crippen LogP contribution in [0.2, 0.25) is 0 Å². The van der Waals surface area contributed by atoms with Crippen molar-refractivity contribution in [2.24, 2.45) is 4.99 Å². The monoisotopic (exact) mass is 293 g/mol. The lowest BCUT2D eigenvalue weighted by atomic mass is 10.1. The Balaban J connectivity index is 2.08. The van der Waals surface area contributed by atoms with Crippen molar-refractivity contribution >= 4 is 17.9 Å². The predicted octanol–water partition coefficient (Wildman–Crippen LogP) is 2.13. The summed E-state index contributed by atoms with van der Waals surface area (Å²) in [6.45, 7) is 0. The number of fused-ring (bicyclic) bond motifs is 1. The van der Waals surface area contributed by atoms with Crippen LogP contribution in [0.5, 0.6) is 0 Å². The van der Waals surface area contributed by atoms with Crippen LogP contribution in [0.25, 0.3) is 16.9 Å². The van der Waals surface area contributed by atoms with Gasteiger partial charge < -0.3 is 4.90 Å². The highest BCUT2D eigenvalue weighted by Crippen LogP contribution is 2.20. The van der Waals surface area contributed by atoms with E-state index in [4.69, 9.17) is 0 Å². The second-order valence-corrected chi connectivity index (χ2v) is 5.00. The van der Waals surface area contributed by atoms with Crippen molar-refractivity contribution in [2.45, 2.75) is 0 Å². The molecule has 2 aromatic heterocycles. The van der Waals surface area contributed by atoms with E-state index in [1.165, 1.54) is 12.5 Å². The van der Waals surface area contributed by atoms with Crippen molar-refractivity contribution in [1.29, 1.82) is 0 Å². The minimum Gasteiger partial charge on any atom is -0.369 e. The third-order valence-corrected chi connectivity index (χ3v) is 3.11. The van der Waals surface area contributed by atoms with Crippen LogP contribution in [0.4, 0.5) is 0 Å². The summed E-state index contributed by atoms with van der Waals surface area (Å²) in [5, 5.41) is 4.29. The number of benzene rings is 1. The van der Waals surface area contributed by atoms with Crippen molar-refractivity contribution in [2.75, 3.05) is 14.1 Å². The third kappa shape index (κ3) is 2.58. The second-order valence-electron chi connectivity index (χ2n) is 5.00. The maximum Gasteiger partial charge on any atom is 0.283 e. The largest absolute Gasteiger partial charge is 0.369 e. The van der Waals surface area contributed by atoms with Crippen molar-refractivity contribution < 1.29 is 4.79 Å². The Labute approximate surface area is 127 Å². The number of hydrogen-bond donors (Lipinski definition) is 0. The Bertz CT molecular complexity index is 836. The van der Waals surface area contributed by atoms with E-state index in [0.717, 1.165) is 11.3 Å². The van der Waals surface area contributed by atoms with Crippen LogP contribution >= 0.6 is 0 Å². The SMILES string of the molecule is CN(C)C=NC(=O)c1cnn2c(-c3ccccc3)ccnc12. The molecule has 0 saturated heterocycles. The van der Waals surface area contributed by atoms with Crippen LogP contribution in [0.15, 0.2) is 53.8 Å². The molecule has 1 amide bonds. The number of hydrogen-bond acceptors (Lipinski definition) is 3. The number of carbonyl (C=O) groups excluding carboxylic acids is 1. The summed E-state index contributed by atoms with van der Waals surface area (Å²) < 4.78 is 1.66. The highest BCUT2D eigenvalue weighted by molar-refractivity contribution is 6.03. The molecule has 0 saturated carbocycles. The van der Waals surface area contributed by atoms with Gasteiger partial charge in [-0.2, -0.15) is 10.1 Å². The van der Waals surface area contributed by atoms with Gasteiger partial charge in [-0.1, -0.05) is 30.3 Å². The van der Waals surface area contributed by atoms with Crippen LogP contribution in [0, 0.1) is 0 Å². The summed E-state index contributed by atoms with van der Waals surface area (Å²) >= 11 is 0. The van der Waals surface area contributed by atoms with E-state index in [0.29, 0.717) is 11.2 Å². The molecule has 3 aromatic rings. The van der Waals surface area contributed by atoms with Crippen LogP contribution in [0.1, 0.15) is 10.4 Å². The molecule has 0 bridgehead atoms. The highest BCUT2D eigenvalue weighted by Gasteiger charge is 2.15. The van der Waals surface area contributed by atoms with Gasteiger partial charge in [0.1, 0.15) is 5.56 Å². The predicted molar refractivity (Wildman–Crippen MR) is 84.9 cm³/mol. The lowest BCUT2D eigenvalue weighted by molar-refractivity contribution is 0.100. The molecule has 0 aliphatic rings. The van der Waals surface area contributed by atoms with Gasteiger partial charge >= 0.3 is 0 Å². The maximum atomic E-state index is 12.2. The summed E-state index contributed by atoms with van der Waals surface area (Å²) in [6.07, 6.45) is 4.64. The first-order chi connectivity index (χ1) is 10.7. The first kappa shape index (κ1) is 13.9. The summed E-state index contributed by atoms with van der Waals surface area (Å²) in [7, 11) is 3.61. The fourth-order valence-electron chi connectivity index (χ4n) is 2.11. The Morgan fingerprint density at radius 1 is 1.23 bits per heavy atom. The number of aromatic nitrogens is 3. The average Bonchev–Trinajstić information content (AvgIpc) is 2.97. The molecule has 2 heterocycles. The molecule has 6 nitrogen and oxygen atoms in total. The zero-order valence-corrected chi connectivity index (χ0v) is 12.3. The third-order valence-electron chi connectivity index (χ3n) is 3.11. The van der Waals surface area contributed by atoms with Gasteiger partial charge in [0.15, 0.2) is 5.65 Å². The molecule has 110 valence electrons. The van der Waals surface area contributed by atoms with Crippen molar-refractivity contribution in [3.8, 4) is 11.3 Å². The standard InChI is InChI=1S/C16H15N5O/c1-20(2)11-18-16(22)13-10-19-21-14(8-9-17-15(13)21)12-6-4-3-5-7-12/h3-11H,1-2H3. The molecule has 0 N–H and O–H groups in total. The average molecular weight is 293 g/mol. The van der Waals surface area contributed by atoms with Crippen LogP contribution in [0.3, 0.4) is 0 Å². The van der Waals surface area contributed by atoms with E-state index in [2.05, 4.69) is 15.1 Å². The fraction of sp³-hybridized carbons (Fsp3) is 0.125. The Morgan fingerprint density at radius 2 is 2.00 bits per heavy atom. The van der Waals surface area contributed by atoms with Gasteiger partial charge in [-0.05, 0) is 6.07 Å². The zero-order valence-electron chi connectivity index (χ0n) is 12.3. The molecule has 22 heavy (non-hydrogen) atoms. The lowest BCUT2D eigenvalue weighted by Gasteiger charge is -2.04. The molecule has 0 atom stereocenters. The highest BCUT2D eigenvalue weighted by atomic mass is 16.1. The second kappa shape index (κ2) is 5.77. The molecule has 0 unspecified atom stereocenters. The molecule has 1 aromatic carbocycles. The van der Waals surface area contributed by atoms with Gasteiger partial charge in [0.05, 0.1) is 18.2 Å². The molecule has 0 radical (unpaired) electrons. The quantitative estimate of drug-likeness (QED) is 0.548. The van der Waals surface area contributed by atoms with E-state index >= 15 is 0 Å². The Hall–Kier alpha value is -3.02. The molecule has 0 spiro atoms. The van der Waals surface area contributed by atoms with Gasteiger partial charge in [0.25, 0.3) is 5.91 Å². The zero-order chi connectivity index (χ0) is 15.5. The minimum absolute atomic E-state index is 0.360. The van der Waals surface area contributed by atoms with Crippen molar-refractivity contribution in [3.63, 3.8) is 0 Å². The minimum atomic E-state index is -0.360. The van der Waals surface area contributed by atoms with Crippen LogP contribution in [-0.4, -0.2) is 45.8 Å². The number of carbonyl (C=O) groups is 1. The first-order valence-corrected chi connectivity index (χ1v) is 6.80. The number of nitrogens with zero attached hydrogens (tertiary/aromatic N) is 5. The van der Waals surface area contributed by atoms with Crippen LogP contribution < -0.4 is 0 Å². The molecule has 3 rings (SSSR count). The Kier molecular flexibility index (Phi) is 3.65. The number of rotatable bonds is 3. The molecule has 0 aliphatic carbocycles. The van der Waals surface area contributed by atoms with Gasteiger partial charge in [0, 0.05) is 25.9 Å². The summed E-state index contributed by atoms with van der Waals surface area (Å²) in [6, 6.07) is 11.7. The van der Waals surface area contributed by atoms with E-state index < -0.39 is 0 Å². The molecular formula is C16H15N5O. The summed E-state index contributed by atoms with van der Waals surface area (Å²) in [5.41, 5.74) is 2.77. The molecule has 6 heteroatoms. The van der Waals surface area contributed by atoms with Gasteiger partial charge in [0.2, 0.25) is 0 Å². The van der Waals surface area contributed by atoms with Crippen molar-refractivity contribution in [3.05, 3.63) is 54.4 Å². The normalized spacial score (nSPS) is 11.2. The number of aliphatic imine (C=N–C) groups is 1. The van der Waals surface area contributed by atoms with Crippen molar-refractivity contribution in [1.82, 2.24) is 19.5 Å². The summed E-state index contributed by atoms with van der Waals surface area (Å²) in [4.78, 5) is 22.0. The smallest absolute Gasteiger partial charge is 0.283 e. The maximum absolute atomic E-state index is 12.2.